The second-order valence-corrected chi connectivity index (χ2v) is 5.98. The summed E-state index contributed by atoms with van der Waals surface area (Å²) in [5.41, 5.74) is 0. The van der Waals surface area contributed by atoms with E-state index in [4.69, 9.17) is 0 Å². The number of carbonyl (C=O) groups is 1. The Labute approximate surface area is 118 Å². The summed E-state index contributed by atoms with van der Waals surface area (Å²) < 4.78 is 36.9. The van der Waals surface area contributed by atoms with Crippen LogP contribution in [0.1, 0.15) is 40.0 Å². The van der Waals surface area contributed by atoms with Gasteiger partial charge in [-0.25, -0.2) is 0 Å². The summed E-state index contributed by atoms with van der Waals surface area (Å²) in [7, 11) is 0. The van der Waals surface area contributed by atoms with Crippen LogP contribution in [-0.2, 0) is 4.79 Å². The van der Waals surface area contributed by atoms with E-state index in [-0.39, 0.29) is 17.9 Å². The van der Waals surface area contributed by atoms with Gasteiger partial charge in [0.1, 0.15) is 0 Å². The van der Waals surface area contributed by atoms with E-state index in [2.05, 4.69) is 12.2 Å². The molecular formula is C14H25F3N2O. The highest BCUT2D eigenvalue weighted by Gasteiger charge is 2.33. The molecule has 0 bridgehead atoms. The first-order valence-electron chi connectivity index (χ1n) is 7.31. The quantitative estimate of drug-likeness (QED) is 0.845. The molecule has 0 aromatic carbocycles. The van der Waals surface area contributed by atoms with E-state index < -0.39 is 12.7 Å². The first-order chi connectivity index (χ1) is 9.23. The Morgan fingerprint density at radius 1 is 1.35 bits per heavy atom. The molecule has 1 saturated heterocycles. The fourth-order valence-corrected chi connectivity index (χ4v) is 2.77. The Hall–Kier alpha value is -0.780. The van der Waals surface area contributed by atoms with Gasteiger partial charge in [-0.05, 0) is 18.8 Å². The number of hydrogen-bond donors (Lipinski definition) is 1. The molecule has 0 spiro atoms. The van der Waals surface area contributed by atoms with Crippen LogP contribution in [-0.4, -0.2) is 42.7 Å². The summed E-state index contributed by atoms with van der Waals surface area (Å²) in [5, 5.41) is 2.55. The third-order valence-corrected chi connectivity index (χ3v) is 3.63. The minimum atomic E-state index is -4.20. The van der Waals surface area contributed by atoms with Gasteiger partial charge in [-0.3, -0.25) is 4.79 Å². The number of rotatable bonds is 5. The van der Waals surface area contributed by atoms with Gasteiger partial charge in [-0.15, -0.1) is 0 Å². The molecule has 1 heterocycles. The molecule has 118 valence electrons. The molecule has 1 amide bonds. The molecule has 20 heavy (non-hydrogen) atoms. The van der Waals surface area contributed by atoms with Crippen LogP contribution in [0.15, 0.2) is 0 Å². The zero-order valence-corrected chi connectivity index (χ0v) is 12.5. The van der Waals surface area contributed by atoms with Crippen LogP contribution in [0.3, 0.4) is 0 Å². The molecule has 1 fully saturated rings. The van der Waals surface area contributed by atoms with Crippen molar-refractivity contribution >= 4 is 5.91 Å². The predicted octanol–water partition coefficient (Wildman–Crippen LogP) is 2.81. The third-order valence-electron chi connectivity index (χ3n) is 3.63. The van der Waals surface area contributed by atoms with E-state index in [9.17, 15) is 18.0 Å². The maximum atomic E-state index is 12.3. The molecule has 0 aliphatic carbocycles. The molecule has 6 heteroatoms. The van der Waals surface area contributed by atoms with Crippen molar-refractivity contribution in [3.8, 4) is 0 Å². The summed E-state index contributed by atoms with van der Waals surface area (Å²) in [4.78, 5) is 13.8. The maximum Gasteiger partial charge on any atom is 0.401 e. The molecule has 0 radical (unpaired) electrons. The molecule has 1 aliphatic rings. The van der Waals surface area contributed by atoms with Gasteiger partial charge < -0.3 is 10.2 Å². The number of nitrogens with zero attached hydrogens (tertiary/aromatic N) is 1. The average Bonchev–Trinajstić information content (AvgIpc) is 2.34. The van der Waals surface area contributed by atoms with Gasteiger partial charge in [0.05, 0.1) is 6.54 Å². The molecule has 1 aliphatic heterocycles. The van der Waals surface area contributed by atoms with Gasteiger partial charge in [0.25, 0.3) is 0 Å². The van der Waals surface area contributed by atoms with Gasteiger partial charge in [0.2, 0.25) is 5.91 Å². The molecule has 0 saturated carbocycles. The SMILES string of the molecule is CCCC1CC(NCC(F)(F)F)CN(C(=O)C(C)C)C1. The second kappa shape index (κ2) is 7.29. The van der Waals surface area contributed by atoms with Crippen molar-refractivity contribution in [1.82, 2.24) is 10.2 Å². The lowest BCUT2D eigenvalue weighted by Crippen LogP contribution is -2.53. The number of nitrogens with one attached hydrogen (secondary N) is 1. The largest absolute Gasteiger partial charge is 0.401 e. The van der Waals surface area contributed by atoms with E-state index in [0.717, 1.165) is 12.8 Å². The van der Waals surface area contributed by atoms with Gasteiger partial charge in [0, 0.05) is 25.0 Å². The van der Waals surface area contributed by atoms with Crippen LogP contribution in [0.4, 0.5) is 13.2 Å². The van der Waals surface area contributed by atoms with E-state index in [1.165, 1.54) is 0 Å². The number of halogens is 3. The zero-order valence-electron chi connectivity index (χ0n) is 12.5. The highest BCUT2D eigenvalue weighted by atomic mass is 19.4. The van der Waals surface area contributed by atoms with Gasteiger partial charge in [0.15, 0.2) is 0 Å². The van der Waals surface area contributed by atoms with Crippen LogP contribution in [0.25, 0.3) is 0 Å². The van der Waals surface area contributed by atoms with Gasteiger partial charge in [-0.2, -0.15) is 13.2 Å². The van der Waals surface area contributed by atoms with Crippen molar-refractivity contribution < 1.29 is 18.0 Å². The molecule has 1 N–H and O–H groups in total. The summed E-state index contributed by atoms with van der Waals surface area (Å²) in [5.74, 6) is 0.213. The summed E-state index contributed by atoms with van der Waals surface area (Å²) >= 11 is 0. The zero-order chi connectivity index (χ0) is 15.3. The molecule has 2 unspecified atom stereocenters. The summed E-state index contributed by atoms with van der Waals surface area (Å²) in [6.07, 6.45) is -1.55. The van der Waals surface area contributed by atoms with Crippen LogP contribution in [0.2, 0.25) is 0 Å². The number of piperidine rings is 1. The second-order valence-electron chi connectivity index (χ2n) is 5.98. The molecule has 0 aromatic heterocycles. The lowest BCUT2D eigenvalue weighted by Gasteiger charge is -2.39. The van der Waals surface area contributed by atoms with E-state index in [1.54, 1.807) is 4.90 Å². The lowest BCUT2D eigenvalue weighted by molar-refractivity contribution is -0.138. The van der Waals surface area contributed by atoms with Gasteiger partial charge >= 0.3 is 6.18 Å². The highest BCUT2D eigenvalue weighted by Crippen LogP contribution is 2.23. The number of carbonyl (C=O) groups excluding carboxylic acids is 1. The number of likely N-dealkylation sites (tertiary alicyclic amines) is 1. The van der Waals surface area contributed by atoms with Crippen molar-refractivity contribution in [2.24, 2.45) is 11.8 Å². The standard InChI is InChI=1S/C14H25F3N2O/c1-4-5-11-6-12(18-9-14(15,16)17)8-19(7-11)13(20)10(2)3/h10-12,18H,4-9H2,1-3H3. The highest BCUT2D eigenvalue weighted by molar-refractivity contribution is 5.78. The number of alkyl halides is 3. The monoisotopic (exact) mass is 294 g/mol. The molecule has 0 aromatic rings. The molecule has 1 rings (SSSR count). The normalized spacial score (nSPS) is 24.2. The predicted molar refractivity (Wildman–Crippen MR) is 72.3 cm³/mol. The van der Waals surface area contributed by atoms with E-state index in [0.29, 0.717) is 25.4 Å². The van der Waals surface area contributed by atoms with Crippen LogP contribution in [0.5, 0.6) is 0 Å². The Balaban J connectivity index is 2.63. The van der Waals surface area contributed by atoms with Crippen molar-refractivity contribution in [3.63, 3.8) is 0 Å². The van der Waals surface area contributed by atoms with E-state index >= 15 is 0 Å². The number of hydrogen-bond acceptors (Lipinski definition) is 2. The smallest absolute Gasteiger partial charge is 0.341 e. The lowest BCUT2D eigenvalue weighted by atomic mass is 9.90. The molecule has 2 atom stereocenters. The maximum absolute atomic E-state index is 12.3. The Bertz CT molecular complexity index is 318. The van der Waals surface area contributed by atoms with Crippen molar-refractivity contribution in [3.05, 3.63) is 0 Å². The van der Waals surface area contributed by atoms with Crippen LogP contribution < -0.4 is 5.32 Å². The fraction of sp³-hybridized carbons (Fsp3) is 0.929. The van der Waals surface area contributed by atoms with Crippen molar-refractivity contribution in [2.45, 2.75) is 52.3 Å². The fourth-order valence-electron chi connectivity index (χ4n) is 2.77. The summed E-state index contributed by atoms with van der Waals surface area (Å²) in [6, 6.07) is -0.260. The van der Waals surface area contributed by atoms with Crippen LogP contribution >= 0.6 is 0 Å². The Morgan fingerprint density at radius 3 is 2.50 bits per heavy atom. The molecular weight excluding hydrogens is 269 g/mol. The Kier molecular flexibility index (Phi) is 6.30. The van der Waals surface area contributed by atoms with Crippen molar-refractivity contribution in [1.29, 1.82) is 0 Å². The number of amides is 1. The first-order valence-corrected chi connectivity index (χ1v) is 7.31. The molecule has 3 nitrogen and oxygen atoms in total. The van der Waals surface area contributed by atoms with E-state index in [1.807, 2.05) is 13.8 Å². The topological polar surface area (TPSA) is 32.3 Å². The Morgan fingerprint density at radius 2 is 2.00 bits per heavy atom. The van der Waals surface area contributed by atoms with Crippen LogP contribution in [0, 0.1) is 11.8 Å². The summed E-state index contributed by atoms with van der Waals surface area (Å²) in [6.45, 7) is 5.78. The van der Waals surface area contributed by atoms with Crippen molar-refractivity contribution in [2.75, 3.05) is 19.6 Å². The minimum Gasteiger partial charge on any atom is -0.341 e. The third kappa shape index (κ3) is 5.69. The minimum absolute atomic E-state index is 0.0320. The average molecular weight is 294 g/mol. The van der Waals surface area contributed by atoms with Gasteiger partial charge in [-0.1, -0.05) is 27.2 Å². The first kappa shape index (κ1) is 17.3.